The molecule has 1 aliphatic carbocycles. The number of esters is 2. The number of rotatable bonds is 6. The number of carbonyl (C=O) groups excluding carboxylic acids is 3. The second-order valence-corrected chi connectivity index (χ2v) is 9.76. The maximum atomic E-state index is 12.7. The van der Waals surface area contributed by atoms with Crippen LogP contribution in [-0.2, 0) is 27.1 Å². The van der Waals surface area contributed by atoms with Crippen molar-refractivity contribution in [3.05, 3.63) is 55.0 Å². The molecule has 0 fully saturated rings. The molecule has 164 valence electrons. The zero-order chi connectivity index (χ0) is 22.0. The predicted octanol–water partition coefficient (Wildman–Crippen LogP) is 3.96. The molecule has 31 heavy (non-hydrogen) atoms. The predicted molar refractivity (Wildman–Crippen MR) is 118 cm³/mol. The number of hydrogen-bond donors (Lipinski definition) is 2. The molecule has 0 bridgehead atoms. The SMILES string of the molecule is CCOC(=O)C1=C(COC(=O)c2cc3c(s2)CC[C@@H](C)C3)NC(=O)N[C@@H]1c1cccs1. The van der Waals surface area contributed by atoms with E-state index in [0.29, 0.717) is 10.8 Å². The van der Waals surface area contributed by atoms with Crippen molar-refractivity contribution in [1.82, 2.24) is 10.6 Å². The Morgan fingerprint density at radius 1 is 1.26 bits per heavy atom. The van der Waals surface area contributed by atoms with Gasteiger partial charge < -0.3 is 20.1 Å². The van der Waals surface area contributed by atoms with Crippen LogP contribution in [0.2, 0.25) is 0 Å². The number of hydrogen-bond acceptors (Lipinski definition) is 7. The van der Waals surface area contributed by atoms with Gasteiger partial charge in [-0.25, -0.2) is 14.4 Å². The first-order chi connectivity index (χ1) is 15.0. The molecule has 2 amide bonds. The van der Waals surface area contributed by atoms with Crippen molar-refractivity contribution >= 4 is 40.6 Å². The summed E-state index contributed by atoms with van der Waals surface area (Å²) in [5.41, 5.74) is 1.70. The largest absolute Gasteiger partial charge is 0.463 e. The van der Waals surface area contributed by atoms with Crippen LogP contribution in [0.1, 0.15) is 51.3 Å². The van der Waals surface area contributed by atoms with Crippen LogP contribution in [0.3, 0.4) is 0 Å². The number of urea groups is 1. The fourth-order valence-electron chi connectivity index (χ4n) is 3.87. The summed E-state index contributed by atoms with van der Waals surface area (Å²) in [6, 6.07) is 4.47. The molecule has 0 spiro atoms. The first kappa shape index (κ1) is 21.6. The van der Waals surface area contributed by atoms with E-state index in [4.69, 9.17) is 9.47 Å². The Balaban J connectivity index is 1.56. The molecule has 2 N–H and O–H groups in total. The van der Waals surface area contributed by atoms with E-state index in [1.54, 1.807) is 6.92 Å². The van der Waals surface area contributed by atoms with Crippen LogP contribution in [0.15, 0.2) is 34.8 Å². The molecule has 0 saturated heterocycles. The Bertz CT molecular complexity index is 1020. The summed E-state index contributed by atoms with van der Waals surface area (Å²) in [5.74, 6) is -0.398. The van der Waals surface area contributed by atoms with Gasteiger partial charge in [-0.3, -0.25) is 0 Å². The average molecular weight is 461 g/mol. The molecule has 1 aliphatic heterocycles. The number of nitrogens with one attached hydrogen (secondary N) is 2. The molecule has 0 saturated carbocycles. The quantitative estimate of drug-likeness (QED) is 0.637. The van der Waals surface area contributed by atoms with E-state index in [0.717, 1.165) is 24.1 Å². The molecule has 2 aromatic rings. The first-order valence-corrected chi connectivity index (χ1v) is 12.0. The minimum atomic E-state index is -0.656. The van der Waals surface area contributed by atoms with Crippen LogP contribution in [0, 0.1) is 5.92 Å². The fraction of sp³-hybridized carbons (Fsp3) is 0.409. The Kier molecular flexibility index (Phi) is 6.43. The zero-order valence-corrected chi connectivity index (χ0v) is 19.0. The second-order valence-electron chi connectivity index (χ2n) is 7.64. The van der Waals surface area contributed by atoms with Gasteiger partial charge in [0.15, 0.2) is 0 Å². The smallest absolute Gasteiger partial charge is 0.348 e. The van der Waals surface area contributed by atoms with Crippen molar-refractivity contribution in [2.75, 3.05) is 13.2 Å². The summed E-state index contributed by atoms with van der Waals surface area (Å²) in [5, 5.41) is 7.24. The number of thiophene rings is 2. The lowest BCUT2D eigenvalue weighted by Gasteiger charge is -2.28. The Morgan fingerprint density at radius 2 is 2.10 bits per heavy atom. The minimum absolute atomic E-state index is 0.194. The number of fused-ring (bicyclic) bond motifs is 1. The number of aryl methyl sites for hydroxylation is 1. The molecule has 2 atom stereocenters. The summed E-state index contributed by atoms with van der Waals surface area (Å²) in [6.07, 6.45) is 3.08. The Labute approximate surface area is 188 Å². The lowest BCUT2D eigenvalue weighted by Crippen LogP contribution is -2.46. The van der Waals surface area contributed by atoms with Crippen molar-refractivity contribution in [3.8, 4) is 0 Å². The van der Waals surface area contributed by atoms with Crippen LogP contribution in [0.4, 0.5) is 4.79 Å². The summed E-state index contributed by atoms with van der Waals surface area (Å²) in [7, 11) is 0. The van der Waals surface area contributed by atoms with Gasteiger partial charge >= 0.3 is 18.0 Å². The zero-order valence-electron chi connectivity index (χ0n) is 17.4. The normalized spacial score (nSPS) is 20.5. The highest BCUT2D eigenvalue weighted by molar-refractivity contribution is 7.14. The lowest BCUT2D eigenvalue weighted by atomic mass is 9.90. The minimum Gasteiger partial charge on any atom is -0.463 e. The summed E-state index contributed by atoms with van der Waals surface area (Å²) in [6.45, 7) is 3.90. The molecule has 2 aliphatic rings. The number of amides is 2. The number of ether oxygens (including phenoxy) is 2. The maximum Gasteiger partial charge on any atom is 0.348 e. The van der Waals surface area contributed by atoms with Gasteiger partial charge in [-0.1, -0.05) is 13.0 Å². The van der Waals surface area contributed by atoms with Gasteiger partial charge in [0, 0.05) is 9.75 Å². The third kappa shape index (κ3) is 4.67. The van der Waals surface area contributed by atoms with Crippen molar-refractivity contribution in [3.63, 3.8) is 0 Å². The summed E-state index contributed by atoms with van der Waals surface area (Å²) < 4.78 is 10.7. The average Bonchev–Trinajstić information content (AvgIpc) is 3.41. The van der Waals surface area contributed by atoms with Crippen LogP contribution in [-0.4, -0.2) is 31.2 Å². The molecule has 4 rings (SSSR count). The van der Waals surface area contributed by atoms with Gasteiger partial charge in [-0.15, -0.1) is 22.7 Å². The van der Waals surface area contributed by atoms with Crippen LogP contribution in [0.5, 0.6) is 0 Å². The molecule has 3 heterocycles. The van der Waals surface area contributed by atoms with E-state index >= 15 is 0 Å². The summed E-state index contributed by atoms with van der Waals surface area (Å²) >= 11 is 2.89. The molecule has 9 heteroatoms. The maximum absolute atomic E-state index is 12.7. The monoisotopic (exact) mass is 460 g/mol. The third-order valence-corrected chi connectivity index (χ3v) is 7.51. The Morgan fingerprint density at radius 3 is 2.84 bits per heavy atom. The first-order valence-electron chi connectivity index (χ1n) is 10.3. The van der Waals surface area contributed by atoms with E-state index < -0.39 is 24.0 Å². The Hall–Kier alpha value is -2.65. The third-order valence-electron chi connectivity index (χ3n) is 5.35. The lowest BCUT2D eigenvalue weighted by molar-refractivity contribution is -0.139. The van der Waals surface area contributed by atoms with Gasteiger partial charge in [0.1, 0.15) is 11.5 Å². The van der Waals surface area contributed by atoms with E-state index in [1.165, 1.54) is 33.1 Å². The van der Waals surface area contributed by atoms with Crippen LogP contribution >= 0.6 is 22.7 Å². The van der Waals surface area contributed by atoms with E-state index in [1.807, 2.05) is 23.6 Å². The number of carbonyl (C=O) groups is 3. The molecular formula is C22H24N2O5S2. The molecule has 7 nitrogen and oxygen atoms in total. The van der Waals surface area contributed by atoms with Gasteiger partial charge in [-0.2, -0.15) is 0 Å². The van der Waals surface area contributed by atoms with Crippen molar-refractivity contribution < 1.29 is 23.9 Å². The van der Waals surface area contributed by atoms with E-state index in [2.05, 4.69) is 17.6 Å². The van der Waals surface area contributed by atoms with Gasteiger partial charge in [0.2, 0.25) is 0 Å². The topological polar surface area (TPSA) is 93.7 Å². The molecule has 0 aromatic carbocycles. The molecular weight excluding hydrogens is 436 g/mol. The van der Waals surface area contributed by atoms with Crippen molar-refractivity contribution in [1.29, 1.82) is 0 Å². The van der Waals surface area contributed by atoms with Crippen molar-refractivity contribution in [2.45, 2.75) is 39.2 Å². The van der Waals surface area contributed by atoms with Crippen molar-refractivity contribution in [2.24, 2.45) is 5.92 Å². The van der Waals surface area contributed by atoms with Gasteiger partial charge in [0.25, 0.3) is 0 Å². The van der Waals surface area contributed by atoms with Gasteiger partial charge in [-0.05, 0) is 55.2 Å². The standard InChI is InChI=1S/C22H24N2O5S2/c1-3-28-21(26)18-14(23-22(27)24-19(18)16-5-4-8-30-16)11-29-20(25)17-10-13-9-12(2)6-7-15(13)31-17/h4-5,8,10,12,19H,3,6-7,9,11H2,1-2H3,(H2,23,24,27)/t12-,19-/m1/s1. The second kappa shape index (κ2) is 9.23. The highest BCUT2D eigenvalue weighted by Crippen LogP contribution is 2.33. The summed E-state index contributed by atoms with van der Waals surface area (Å²) in [4.78, 5) is 40.2. The van der Waals surface area contributed by atoms with Crippen LogP contribution < -0.4 is 10.6 Å². The highest BCUT2D eigenvalue weighted by Gasteiger charge is 2.35. The molecule has 0 radical (unpaired) electrons. The molecule has 0 unspecified atom stereocenters. The van der Waals surface area contributed by atoms with Crippen LogP contribution in [0.25, 0.3) is 0 Å². The van der Waals surface area contributed by atoms with Gasteiger partial charge in [0.05, 0.1) is 23.9 Å². The fourth-order valence-corrected chi connectivity index (χ4v) is 5.75. The molecule has 2 aromatic heterocycles. The highest BCUT2D eigenvalue weighted by atomic mass is 32.1. The van der Waals surface area contributed by atoms with E-state index in [-0.39, 0.29) is 24.5 Å². The van der Waals surface area contributed by atoms with E-state index in [9.17, 15) is 14.4 Å².